The number of anilines is 1. The van der Waals surface area contributed by atoms with E-state index in [4.69, 9.17) is 0 Å². The molecule has 2 amide bonds. The highest BCUT2D eigenvalue weighted by Gasteiger charge is 2.33. The van der Waals surface area contributed by atoms with Crippen molar-refractivity contribution in [1.82, 2.24) is 10.2 Å². The Morgan fingerprint density at radius 1 is 0.842 bits per heavy atom. The highest BCUT2D eigenvalue weighted by Crippen LogP contribution is 2.21. The summed E-state index contributed by atoms with van der Waals surface area (Å²) in [5.41, 5.74) is 4.06. The minimum absolute atomic E-state index is 0.128. The van der Waals surface area contributed by atoms with Crippen LogP contribution in [0, 0.1) is 13.8 Å². The highest BCUT2D eigenvalue weighted by atomic mass is 32.2. The molecule has 0 saturated heterocycles. The first-order valence-electron chi connectivity index (χ1n) is 12.7. The number of nitrogens with one attached hydrogen (secondary N) is 1. The third kappa shape index (κ3) is 8.18. The molecular formula is C30H37N3O4S. The Kier molecular flexibility index (Phi) is 9.69. The molecule has 1 atom stereocenters. The van der Waals surface area contributed by atoms with E-state index in [0.29, 0.717) is 12.1 Å². The molecule has 0 heterocycles. The summed E-state index contributed by atoms with van der Waals surface area (Å²) in [5, 5.41) is 2.95. The molecule has 0 fully saturated rings. The lowest BCUT2D eigenvalue weighted by molar-refractivity contribution is -0.140. The summed E-state index contributed by atoms with van der Waals surface area (Å²) < 4.78 is 26.7. The second kappa shape index (κ2) is 12.7. The number of nitrogens with zero attached hydrogens (tertiary/aromatic N) is 2. The maximum absolute atomic E-state index is 14.0. The first kappa shape index (κ1) is 28.9. The third-order valence-corrected chi connectivity index (χ3v) is 7.25. The Labute approximate surface area is 226 Å². The maximum Gasteiger partial charge on any atom is 0.244 e. The number of hydrogen-bond acceptors (Lipinski definition) is 4. The van der Waals surface area contributed by atoms with E-state index in [-0.39, 0.29) is 18.5 Å². The molecule has 1 N–H and O–H groups in total. The van der Waals surface area contributed by atoms with E-state index in [1.165, 1.54) is 4.90 Å². The van der Waals surface area contributed by atoms with Gasteiger partial charge in [0.15, 0.2) is 0 Å². The number of hydrogen-bond donors (Lipinski definition) is 1. The predicted octanol–water partition coefficient (Wildman–Crippen LogP) is 4.23. The second-order valence-corrected chi connectivity index (χ2v) is 11.9. The van der Waals surface area contributed by atoms with Crippen molar-refractivity contribution in [2.24, 2.45) is 0 Å². The van der Waals surface area contributed by atoms with Gasteiger partial charge in [-0.1, -0.05) is 72.3 Å². The van der Waals surface area contributed by atoms with Gasteiger partial charge in [0.1, 0.15) is 12.6 Å². The van der Waals surface area contributed by atoms with Crippen LogP contribution in [0.5, 0.6) is 0 Å². The van der Waals surface area contributed by atoms with E-state index in [0.717, 1.165) is 32.8 Å². The lowest BCUT2D eigenvalue weighted by atomic mass is 10.0. The van der Waals surface area contributed by atoms with Gasteiger partial charge >= 0.3 is 0 Å². The van der Waals surface area contributed by atoms with Crippen LogP contribution in [0.4, 0.5) is 5.69 Å². The molecular weight excluding hydrogens is 498 g/mol. The number of rotatable bonds is 11. The first-order chi connectivity index (χ1) is 17.9. The van der Waals surface area contributed by atoms with Gasteiger partial charge in [0, 0.05) is 19.0 Å². The van der Waals surface area contributed by atoms with Gasteiger partial charge in [-0.15, -0.1) is 0 Å². The van der Waals surface area contributed by atoms with Gasteiger partial charge in [-0.05, 0) is 56.5 Å². The van der Waals surface area contributed by atoms with Crippen molar-refractivity contribution < 1.29 is 18.0 Å². The molecule has 3 aromatic carbocycles. The van der Waals surface area contributed by atoms with Crippen LogP contribution in [-0.2, 0) is 32.6 Å². The molecule has 0 aromatic heterocycles. The highest BCUT2D eigenvalue weighted by molar-refractivity contribution is 7.92. The van der Waals surface area contributed by atoms with Crippen LogP contribution < -0.4 is 9.62 Å². The Morgan fingerprint density at radius 2 is 1.45 bits per heavy atom. The number of benzene rings is 3. The van der Waals surface area contributed by atoms with Crippen molar-refractivity contribution in [3.63, 3.8) is 0 Å². The molecule has 0 bridgehead atoms. The third-order valence-electron chi connectivity index (χ3n) is 6.11. The van der Waals surface area contributed by atoms with Crippen LogP contribution in [0.3, 0.4) is 0 Å². The van der Waals surface area contributed by atoms with Crippen molar-refractivity contribution in [1.29, 1.82) is 0 Å². The molecule has 0 spiro atoms. The van der Waals surface area contributed by atoms with E-state index in [9.17, 15) is 18.0 Å². The molecule has 3 aromatic rings. The lowest BCUT2D eigenvalue weighted by Gasteiger charge is -2.34. The average Bonchev–Trinajstić information content (AvgIpc) is 2.84. The molecule has 0 aliphatic rings. The number of carbonyl (C=O) groups is 2. The van der Waals surface area contributed by atoms with Gasteiger partial charge in [-0.2, -0.15) is 0 Å². The van der Waals surface area contributed by atoms with Gasteiger partial charge in [0.2, 0.25) is 21.8 Å². The van der Waals surface area contributed by atoms with E-state index >= 15 is 0 Å². The van der Waals surface area contributed by atoms with Crippen LogP contribution in [0.1, 0.15) is 36.1 Å². The summed E-state index contributed by atoms with van der Waals surface area (Å²) in [5.74, 6) is -0.746. The van der Waals surface area contributed by atoms with Crippen molar-refractivity contribution in [2.45, 2.75) is 52.7 Å². The van der Waals surface area contributed by atoms with Crippen molar-refractivity contribution >= 4 is 27.5 Å². The molecule has 8 heteroatoms. The van der Waals surface area contributed by atoms with Crippen LogP contribution >= 0.6 is 0 Å². The Hall–Kier alpha value is -3.65. The summed E-state index contributed by atoms with van der Waals surface area (Å²) in [4.78, 5) is 29.0. The molecule has 0 radical (unpaired) electrons. The zero-order chi connectivity index (χ0) is 27.9. The van der Waals surface area contributed by atoms with Gasteiger partial charge in [-0.3, -0.25) is 13.9 Å². The Bertz CT molecular complexity index is 1360. The minimum atomic E-state index is -3.78. The standard InChI is InChI=1S/C30H37N3O4S/c1-22(2)31-30(35)28(19-25-13-7-6-8-14-25)32(20-26-15-9-11-23(3)17-26)29(34)21-33(38(5,36)37)27-16-10-12-24(4)18-27/h6-18,22,28H,19-21H2,1-5H3,(H,31,35)/t28-/m1/s1. The fourth-order valence-electron chi connectivity index (χ4n) is 4.34. The summed E-state index contributed by atoms with van der Waals surface area (Å²) >= 11 is 0. The van der Waals surface area contributed by atoms with Crippen LogP contribution in [0.25, 0.3) is 0 Å². The smallest absolute Gasteiger partial charge is 0.244 e. The lowest BCUT2D eigenvalue weighted by Crippen LogP contribution is -2.54. The number of aryl methyl sites for hydroxylation is 2. The second-order valence-electron chi connectivity index (χ2n) is 9.99. The summed E-state index contributed by atoms with van der Waals surface area (Å²) in [6.07, 6.45) is 1.38. The Morgan fingerprint density at radius 3 is 2.03 bits per heavy atom. The van der Waals surface area contributed by atoms with Gasteiger partial charge < -0.3 is 10.2 Å². The normalized spacial score (nSPS) is 12.2. The molecule has 38 heavy (non-hydrogen) atoms. The van der Waals surface area contributed by atoms with E-state index < -0.39 is 28.5 Å². The van der Waals surface area contributed by atoms with Crippen LogP contribution in [0.15, 0.2) is 78.9 Å². The van der Waals surface area contributed by atoms with Gasteiger partial charge in [0.25, 0.3) is 0 Å². The molecule has 7 nitrogen and oxygen atoms in total. The fourth-order valence-corrected chi connectivity index (χ4v) is 5.18. The van der Waals surface area contributed by atoms with E-state index in [1.54, 1.807) is 18.2 Å². The largest absolute Gasteiger partial charge is 0.352 e. The zero-order valence-corrected chi connectivity index (χ0v) is 23.5. The number of amides is 2. The van der Waals surface area contributed by atoms with E-state index in [2.05, 4.69) is 5.32 Å². The van der Waals surface area contributed by atoms with Crippen molar-refractivity contribution in [2.75, 3.05) is 17.1 Å². The summed E-state index contributed by atoms with van der Waals surface area (Å²) in [7, 11) is -3.78. The quantitative estimate of drug-likeness (QED) is 0.398. The maximum atomic E-state index is 14.0. The molecule has 0 unspecified atom stereocenters. The average molecular weight is 536 g/mol. The minimum Gasteiger partial charge on any atom is -0.352 e. The summed E-state index contributed by atoms with van der Waals surface area (Å²) in [6.45, 7) is 7.30. The monoisotopic (exact) mass is 535 g/mol. The predicted molar refractivity (Wildman–Crippen MR) is 152 cm³/mol. The van der Waals surface area contributed by atoms with Crippen LogP contribution in [0.2, 0.25) is 0 Å². The number of sulfonamides is 1. The van der Waals surface area contributed by atoms with Gasteiger partial charge in [0.05, 0.1) is 11.9 Å². The zero-order valence-electron chi connectivity index (χ0n) is 22.7. The Balaban J connectivity index is 2.06. The molecule has 0 saturated carbocycles. The van der Waals surface area contributed by atoms with Crippen molar-refractivity contribution in [3.05, 3.63) is 101 Å². The number of carbonyl (C=O) groups excluding carboxylic acids is 2. The van der Waals surface area contributed by atoms with Gasteiger partial charge in [-0.25, -0.2) is 8.42 Å². The molecule has 0 aliphatic carbocycles. The fraction of sp³-hybridized carbons (Fsp3) is 0.333. The van der Waals surface area contributed by atoms with Crippen molar-refractivity contribution in [3.8, 4) is 0 Å². The molecule has 202 valence electrons. The SMILES string of the molecule is Cc1cccc(CN(C(=O)CN(c2cccc(C)c2)S(C)(=O)=O)[C@H](Cc2ccccc2)C(=O)NC(C)C)c1. The molecule has 3 rings (SSSR count). The van der Waals surface area contributed by atoms with E-state index in [1.807, 2.05) is 88.4 Å². The topological polar surface area (TPSA) is 86.8 Å². The molecule has 0 aliphatic heterocycles. The summed E-state index contributed by atoms with van der Waals surface area (Å²) in [6, 6.07) is 23.3. The van der Waals surface area contributed by atoms with Crippen LogP contribution in [-0.4, -0.2) is 50.0 Å². The first-order valence-corrected chi connectivity index (χ1v) is 14.5.